The molecule has 1 unspecified atom stereocenters. The van der Waals surface area contributed by atoms with Gasteiger partial charge in [-0.2, -0.15) is 0 Å². The number of halogens is 2. The zero-order valence-corrected chi connectivity index (χ0v) is 17.4. The van der Waals surface area contributed by atoms with E-state index in [-0.39, 0.29) is 37.9 Å². The first-order chi connectivity index (χ1) is 13.8. The molecule has 0 aliphatic heterocycles. The van der Waals surface area contributed by atoms with Gasteiger partial charge in [-0.25, -0.2) is 18.3 Å². The molecule has 0 saturated heterocycles. The topological polar surface area (TPSA) is 92.5 Å². The van der Waals surface area contributed by atoms with Crippen molar-refractivity contribution in [1.82, 2.24) is 15.0 Å². The van der Waals surface area contributed by atoms with E-state index in [0.29, 0.717) is 0 Å². The minimum atomic E-state index is -4.52. The van der Waals surface area contributed by atoms with Crippen molar-refractivity contribution in [2.24, 2.45) is 0 Å². The Kier molecular flexibility index (Phi) is 8.01. The van der Waals surface area contributed by atoms with Crippen LogP contribution in [-0.2, 0) is 36.1 Å². The summed E-state index contributed by atoms with van der Waals surface area (Å²) in [5, 5.41) is 4.65. The molecule has 0 N–H and O–H groups in total. The molecule has 0 radical (unpaired) electrons. The number of ether oxygens (including phenoxy) is 1. The van der Waals surface area contributed by atoms with Gasteiger partial charge in [-0.15, -0.1) is 5.10 Å². The van der Waals surface area contributed by atoms with Crippen LogP contribution >= 0.6 is 7.60 Å². The fourth-order valence-corrected chi connectivity index (χ4v) is 4.43. The van der Waals surface area contributed by atoms with Crippen LogP contribution in [0.5, 0.6) is 0 Å². The molecular weight excluding hydrogens is 407 g/mol. The number of aromatic nitrogens is 3. The summed E-state index contributed by atoms with van der Waals surface area (Å²) in [5.41, 5.74) is 0.802. The number of hydrogen-bond donors (Lipinski definition) is 0. The maximum absolute atomic E-state index is 15.9. The summed E-state index contributed by atoms with van der Waals surface area (Å²) in [6.45, 7) is 4.41. The number of esters is 1. The molecule has 8 nitrogen and oxygen atoms in total. The molecule has 2 rings (SSSR count). The number of carbonyl (C=O) groups is 1. The number of benzene rings is 1. The van der Waals surface area contributed by atoms with Crippen LogP contribution in [0, 0.1) is 5.82 Å². The van der Waals surface area contributed by atoms with Gasteiger partial charge in [-0.05, 0) is 38.5 Å². The van der Waals surface area contributed by atoms with E-state index in [1.54, 1.807) is 12.1 Å². The summed E-state index contributed by atoms with van der Waals surface area (Å²) in [5.74, 6) is -1.72. The summed E-state index contributed by atoms with van der Waals surface area (Å²) >= 11 is 0. The van der Waals surface area contributed by atoms with Crippen molar-refractivity contribution in [3.8, 4) is 0 Å². The van der Waals surface area contributed by atoms with Crippen LogP contribution in [0.15, 0.2) is 30.5 Å². The molecule has 0 amide bonds. The molecule has 1 heterocycles. The Bertz CT molecular complexity index is 851. The van der Waals surface area contributed by atoms with Crippen molar-refractivity contribution in [2.45, 2.75) is 39.1 Å². The van der Waals surface area contributed by atoms with Crippen LogP contribution in [0.3, 0.4) is 0 Å². The van der Waals surface area contributed by atoms with Gasteiger partial charge in [0, 0.05) is 6.20 Å². The molecule has 160 valence electrons. The maximum atomic E-state index is 15.9. The summed E-state index contributed by atoms with van der Waals surface area (Å²) in [6, 6.07) is 5.77. The van der Waals surface area contributed by atoms with E-state index >= 15 is 4.39 Å². The molecular formula is C18H24F2N3O5P. The maximum Gasteiger partial charge on any atom is 0.379 e. The number of rotatable bonds is 11. The average molecular weight is 431 g/mol. The molecule has 1 atom stereocenters. The molecule has 11 heteroatoms. The van der Waals surface area contributed by atoms with E-state index in [1.807, 2.05) is 0 Å². The fourth-order valence-electron chi connectivity index (χ4n) is 2.62. The van der Waals surface area contributed by atoms with Crippen molar-refractivity contribution in [3.05, 3.63) is 47.5 Å². The molecule has 2 aromatic rings. The van der Waals surface area contributed by atoms with E-state index in [1.165, 1.54) is 43.8 Å². The first kappa shape index (κ1) is 23.1. The monoisotopic (exact) mass is 431 g/mol. The van der Waals surface area contributed by atoms with Crippen molar-refractivity contribution in [2.75, 3.05) is 19.8 Å². The minimum absolute atomic E-state index is 0.0577. The molecule has 1 aromatic carbocycles. The first-order valence-corrected chi connectivity index (χ1v) is 10.7. The highest BCUT2D eigenvalue weighted by Crippen LogP contribution is 2.62. The lowest BCUT2D eigenvalue weighted by Gasteiger charge is -2.29. The van der Waals surface area contributed by atoms with E-state index in [0.717, 1.165) is 5.56 Å². The average Bonchev–Trinajstić information content (AvgIpc) is 3.10. The fraction of sp³-hybridized carbons (Fsp3) is 0.500. The Morgan fingerprint density at radius 2 is 1.76 bits per heavy atom. The van der Waals surface area contributed by atoms with Crippen molar-refractivity contribution >= 4 is 13.6 Å². The van der Waals surface area contributed by atoms with Crippen LogP contribution < -0.4 is 0 Å². The van der Waals surface area contributed by atoms with Crippen LogP contribution in [-0.4, -0.2) is 46.2 Å². The number of nitrogens with zero attached hydrogens (tertiary/aromatic N) is 3. The third-order valence-electron chi connectivity index (χ3n) is 3.88. The van der Waals surface area contributed by atoms with Crippen LogP contribution in [0.2, 0.25) is 0 Å². The normalized spacial score (nSPS) is 13.8. The van der Waals surface area contributed by atoms with Gasteiger partial charge >= 0.3 is 19.0 Å². The Labute approximate surface area is 167 Å². The van der Waals surface area contributed by atoms with Gasteiger partial charge in [0.25, 0.3) is 0 Å². The highest BCUT2D eigenvalue weighted by Gasteiger charge is 2.60. The molecule has 0 bridgehead atoms. The van der Waals surface area contributed by atoms with Gasteiger partial charge in [0.1, 0.15) is 5.82 Å². The second-order valence-corrected chi connectivity index (χ2v) is 8.24. The lowest BCUT2D eigenvalue weighted by Crippen LogP contribution is -2.39. The third kappa shape index (κ3) is 5.46. The zero-order valence-electron chi connectivity index (χ0n) is 16.5. The molecule has 0 fully saturated rings. The van der Waals surface area contributed by atoms with Gasteiger partial charge in [-0.3, -0.25) is 4.57 Å². The van der Waals surface area contributed by atoms with Gasteiger partial charge in [0.2, 0.25) is 0 Å². The predicted molar refractivity (Wildman–Crippen MR) is 101 cm³/mol. The van der Waals surface area contributed by atoms with E-state index in [2.05, 4.69) is 10.3 Å². The summed E-state index contributed by atoms with van der Waals surface area (Å²) < 4.78 is 58.2. The number of carbonyl (C=O) groups excluding carboxylic acids is 1. The Balaban J connectivity index is 2.29. The van der Waals surface area contributed by atoms with Crippen molar-refractivity contribution in [3.63, 3.8) is 0 Å². The Morgan fingerprint density at radius 3 is 2.31 bits per heavy atom. The predicted octanol–water partition coefficient (Wildman–Crippen LogP) is 3.50. The SMILES string of the molecule is CCOC(=O)C(F)(Cc1cn(Cc2ccc(F)cc2)nn1)P(=O)(OCC)OCC. The lowest BCUT2D eigenvalue weighted by atomic mass is 10.2. The van der Waals surface area contributed by atoms with E-state index in [9.17, 15) is 13.8 Å². The number of hydrogen-bond acceptors (Lipinski definition) is 7. The molecule has 0 saturated carbocycles. The first-order valence-electron chi connectivity index (χ1n) is 9.16. The van der Waals surface area contributed by atoms with Crippen LogP contribution in [0.25, 0.3) is 0 Å². The Morgan fingerprint density at radius 1 is 1.14 bits per heavy atom. The second-order valence-electron chi connectivity index (χ2n) is 6.02. The minimum Gasteiger partial charge on any atom is -0.463 e. The van der Waals surface area contributed by atoms with Gasteiger partial charge in [-0.1, -0.05) is 17.3 Å². The van der Waals surface area contributed by atoms with Gasteiger partial charge in [0.15, 0.2) is 0 Å². The highest BCUT2D eigenvalue weighted by molar-refractivity contribution is 7.56. The smallest absolute Gasteiger partial charge is 0.379 e. The summed E-state index contributed by atoms with van der Waals surface area (Å²) in [6.07, 6.45) is 0.700. The molecule has 29 heavy (non-hydrogen) atoms. The van der Waals surface area contributed by atoms with Crippen molar-refractivity contribution in [1.29, 1.82) is 0 Å². The zero-order chi connectivity index (χ0) is 21.5. The van der Waals surface area contributed by atoms with E-state index < -0.39 is 25.4 Å². The quantitative estimate of drug-likeness (QED) is 0.397. The molecule has 1 aromatic heterocycles. The molecule has 0 aliphatic carbocycles. The number of alkyl halides is 1. The van der Waals surface area contributed by atoms with Crippen LogP contribution in [0.1, 0.15) is 32.0 Å². The summed E-state index contributed by atoms with van der Waals surface area (Å²) in [4.78, 5) is 12.4. The summed E-state index contributed by atoms with van der Waals surface area (Å²) in [7, 11) is -4.52. The second kappa shape index (κ2) is 10.0. The van der Waals surface area contributed by atoms with Gasteiger partial charge in [0.05, 0.1) is 38.5 Å². The Hall–Kier alpha value is -2.16. The third-order valence-corrected chi connectivity index (χ3v) is 6.28. The van der Waals surface area contributed by atoms with Crippen molar-refractivity contribution < 1.29 is 31.9 Å². The molecule has 0 spiro atoms. The van der Waals surface area contributed by atoms with E-state index in [4.69, 9.17) is 13.8 Å². The lowest BCUT2D eigenvalue weighted by molar-refractivity contribution is -0.153. The highest BCUT2D eigenvalue weighted by atomic mass is 31.2. The largest absolute Gasteiger partial charge is 0.463 e. The molecule has 0 aliphatic rings. The van der Waals surface area contributed by atoms with Crippen LogP contribution in [0.4, 0.5) is 8.78 Å². The standard InChI is InChI=1S/C18H24F2N3O5P/c1-4-26-17(24)18(20,29(25,27-5-2)28-6-3)11-16-13-23(22-21-16)12-14-7-9-15(19)10-8-14/h7-10,13H,4-6,11-12H2,1-3H3. The van der Waals surface area contributed by atoms with Gasteiger partial charge < -0.3 is 13.8 Å².